The maximum atomic E-state index is 12.9. The number of nitrogens with one attached hydrogen (secondary N) is 1. The Balaban J connectivity index is 1.65. The van der Waals surface area contributed by atoms with Gasteiger partial charge >= 0.3 is 0 Å². The van der Waals surface area contributed by atoms with Crippen LogP contribution in [0.3, 0.4) is 0 Å². The number of ether oxygens (including phenoxy) is 1. The molecule has 29 heavy (non-hydrogen) atoms. The van der Waals surface area contributed by atoms with Gasteiger partial charge in [-0.2, -0.15) is 5.26 Å². The normalized spacial score (nSPS) is 10.9. The third-order valence-corrected chi connectivity index (χ3v) is 4.69. The van der Waals surface area contributed by atoms with Crippen LogP contribution in [-0.4, -0.2) is 5.91 Å². The molecule has 0 aliphatic carbocycles. The van der Waals surface area contributed by atoms with E-state index in [0.29, 0.717) is 23.6 Å². The molecule has 0 aliphatic rings. The number of carbonyl (C=O) groups is 1. The fourth-order valence-electron chi connectivity index (χ4n) is 2.48. The molecule has 0 spiro atoms. The third kappa shape index (κ3) is 5.77. The van der Waals surface area contributed by atoms with E-state index in [4.69, 9.17) is 4.74 Å². The molecule has 0 aromatic heterocycles. The second-order valence-corrected chi connectivity index (χ2v) is 6.94. The van der Waals surface area contributed by atoms with Crippen molar-refractivity contribution in [1.29, 1.82) is 5.26 Å². The third-order valence-electron chi connectivity index (χ3n) is 4.00. The molecule has 0 saturated carbocycles. The largest absolute Gasteiger partial charge is 0.489 e. The van der Waals surface area contributed by atoms with E-state index in [1.807, 2.05) is 12.1 Å². The number of hydrogen-bond donors (Lipinski definition) is 1. The molecular weight excluding hydrogens is 435 g/mol. The Kier molecular flexibility index (Phi) is 6.77. The topological polar surface area (TPSA) is 62.1 Å². The van der Waals surface area contributed by atoms with Crippen molar-refractivity contribution >= 4 is 33.6 Å². The maximum Gasteiger partial charge on any atom is 0.266 e. The molecule has 3 rings (SSSR count). The molecule has 0 unspecified atom stereocenters. The van der Waals surface area contributed by atoms with Crippen LogP contribution in [0.2, 0.25) is 0 Å². The molecular formula is C23H16BrFN2O2. The predicted molar refractivity (Wildman–Crippen MR) is 114 cm³/mol. The standard InChI is InChI=1S/C23H16BrFN2O2/c24-21-3-1-2-4-22(21)27-23(28)18(14-26)13-16-7-11-20(12-8-16)29-15-17-5-9-19(25)10-6-17/h1-13H,15H2,(H,27,28)/b18-13+. The first kappa shape index (κ1) is 20.3. The summed E-state index contributed by atoms with van der Waals surface area (Å²) in [5.41, 5.74) is 2.12. The van der Waals surface area contributed by atoms with E-state index in [1.54, 1.807) is 54.6 Å². The van der Waals surface area contributed by atoms with Crippen LogP contribution in [0.15, 0.2) is 82.8 Å². The molecule has 6 heteroatoms. The lowest BCUT2D eigenvalue weighted by Gasteiger charge is -2.07. The Labute approximate surface area is 176 Å². The smallest absolute Gasteiger partial charge is 0.266 e. The van der Waals surface area contributed by atoms with E-state index in [2.05, 4.69) is 21.2 Å². The SMILES string of the molecule is N#C/C(=C\c1ccc(OCc2ccc(F)cc2)cc1)C(=O)Nc1ccccc1Br. The van der Waals surface area contributed by atoms with E-state index < -0.39 is 5.91 Å². The van der Waals surface area contributed by atoms with Crippen molar-refractivity contribution < 1.29 is 13.9 Å². The van der Waals surface area contributed by atoms with Gasteiger partial charge in [-0.1, -0.05) is 36.4 Å². The lowest BCUT2D eigenvalue weighted by Crippen LogP contribution is -2.13. The summed E-state index contributed by atoms with van der Waals surface area (Å²) in [5.74, 6) is -0.152. The summed E-state index contributed by atoms with van der Waals surface area (Å²) < 4.78 is 19.3. The molecule has 3 aromatic rings. The van der Waals surface area contributed by atoms with Gasteiger partial charge in [-0.25, -0.2) is 4.39 Å². The Hall–Kier alpha value is -3.43. The van der Waals surface area contributed by atoms with Crippen molar-refractivity contribution in [3.8, 4) is 11.8 Å². The van der Waals surface area contributed by atoms with Crippen molar-refractivity contribution in [3.05, 3.63) is 99.8 Å². The van der Waals surface area contributed by atoms with Gasteiger partial charge in [0.05, 0.1) is 5.69 Å². The molecule has 0 saturated heterocycles. The van der Waals surface area contributed by atoms with Gasteiger partial charge in [-0.3, -0.25) is 4.79 Å². The van der Waals surface area contributed by atoms with E-state index in [9.17, 15) is 14.4 Å². The average Bonchev–Trinajstić information content (AvgIpc) is 2.74. The number of benzene rings is 3. The minimum Gasteiger partial charge on any atom is -0.489 e. The first-order valence-corrected chi connectivity index (χ1v) is 9.49. The Bertz CT molecular complexity index is 1070. The van der Waals surface area contributed by atoms with Gasteiger partial charge in [-0.15, -0.1) is 0 Å². The quantitative estimate of drug-likeness (QED) is 0.386. The van der Waals surface area contributed by atoms with Crippen LogP contribution < -0.4 is 10.1 Å². The van der Waals surface area contributed by atoms with Crippen LogP contribution in [0.5, 0.6) is 5.75 Å². The first-order chi connectivity index (χ1) is 14.0. The first-order valence-electron chi connectivity index (χ1n) is 8.70. The highest BCUT2D eigenvalue weighted by Crippen LogP contribution is 2.22. The number of rotatable bonds is 6. The number of carbonyl (C=O) groups excluding carboxylic acids is 1. The molecule has 0 fully saturated rings. The second kappa shape index (κ2) is 9.67. The maximum absolute atomic E-state index is 12.9. The van der Waals surface area contributed by atoms with Crippen molar-refractivity contribution in [1.82, 2.24) is 0 Å². The van der Waals surface area contributed by atoms with E-state index in [0.717, 1.165) is 10.0 Å². The fourth-order valence-corrected chi connectivity index (χ4v) is 2.86. The predicted octanol–water partition coefficient (Wildman–Crippen LogP) is 5.71. The van der Waals surface area contributed by atoms with E-state index >= 15 is 0 Å². The number of nitriles is 1. The number of halogens is 2. The highest BCUT2D eigenvalue weighted by atomic mass is 79.9. The minimum atomic E-state index is -0.490. The van der Waals surface area contributed by atoms with Gasteiger partial charge in [-0.05, 0) is 69.5 Å². The zero-order chi connectivity index (χ0) is 20.6. The van der Waals surface area contributed by atoms with Gasteiger partial charge in [0.2, 0.25) is 0 Å². The van der Waals surface area contributed by atoms with Crippen molar-refractivity contribution in [3.63, 3.8) is 0 Å². The summed E-state index contributed by atoms with van der Waals surface area (Å²) in [6.07, 6.45) is 1.51. The zero-order valence-corrected chi connectivity index (χ0v) is 16.8. The Morgan fingerprint density at radius 3 is 2.41 bits per heavy atom. The molecule has 1 amide bonds. The van der Waals surface area contributed by atoms with Gasteiger partial charge in [0, 0.05) is 4.47 Å². The molecule has 0 radical (unpaired) electrons. The summed E-state index contributed by atoms with van der Waals surface area (Å²) in [6, 6.07) is 22.2. The summed E-state index contributed by atoms with van der Waals surface area (Å²) in [5, 5.41) is 12.1. The fraction of sp³-hybridized carbons (Fsp3) is 0.0435. The molecule has 0 atom stereocenters. The van der Waals surface area contributed by atoms with Crippen LogP contribution in [0.25, 0.3) is 6.08 Å². The van der Waals surface area contributed by atoms with Crippen LogP contribution in [0.1, 0.15) is 11.1 Å². The van der Waals surface area contributed by atoms with E-state index in [1.165, 1.54) is 18.2 Å². The number of anilines is 1. The monoisotopic (exact) mass is 450 g/mol. The van der Waals surface area contributed by atoms with E-state index in [-0.39, 0.29) is 11.4 Å². The van der Waals surface area contributed by atoms with Crippen molar-refractivity contribution in [2.45, 2.75) is 6.61 Å². The van der Waals surface area contributed by atoms with Crippen molar-refractivity contribution in [2.24, 2.45) is 0 Å². The number of nitrogens with zero attached hydrogens (tertiary/aromatic N) is 1. The lowest BCUT2D eigenvalue weighted by molar-refractivity contribution is -0.112. The number of amides is 1. The molecule has 0 aliphatic heterocycles. The molecule has 0 heterocycles. The average molecular weight is 451 g/mol. The molecule has 144 valence electrons. The number of hydrogen-bond acceptors (Lipinski definition) is 3. The highest BCUT2D eigenvalue weighted by Gasteiger charge is 2.11. The number of para-hydroxylation sites is 1. The van der Waals surface area contributed by atoms with Crippen LogP contribution in [-0.2, 0) is 11.4 Å². The summed E-state index contributed by atoms with van der Waals surface area (Å²) >= 11 is 3.36. The van der Waals surface area contributed by atoms with Gasteiger partial charge in [0.25, 0.3) is 5.91 Å². The minimum absolute atomic E-state index is 0.0132. The highest BCUT2D eigenvalue weighted by molar-refractivity contribution is 9.10. The van der Waals surface area contributed by atoms with Crippen molar-refractivity contribution in [2.75, 3.05) is 5.32 Å². The summed E-state index contributed by atoms with van der Waals surface area (Å²) in [4.78, 5) is 12.4. The Morgan fingerprint density at radius 2 is 1.76 bits per heavy atom. The van der Waals surface area contributed by atoms with Crippen LogP contribution in [0.4, 0.5) is 10.1 Å². The molecule has 3 aromatic carbocycles. The zero-order valence-electron chi connectivity index (χ0n) is 15.2. The van der Waals surface area contributed by atoms with Gasteiger partial charge in [0.1, 0.15) is 29.8 Å². The summed E-state index contributed by atoms with van der Waals surface area (Å²) in [7, 11) is 0. The summed E-state index contributed by atoms with van der Waals surface area (Å²) in [6.45, 7) is 0.313. The second-order valence-electron chi connectivity index (χ2n) is 6.09. The molecule has 4 nitrogen and oxygen atoms in total. The van der Waals surface area contributed by atoms with Crippen LogP contribution in [0, 0.1) is 17.1 Å². The van der Waals surface area contributed by atoms with Gasteiger partial charge in [0.15, 0.2) is 0 Å². The lowest BCUT2D eigenvalue weighted by atomic mass is 10.1. The van der Waals surface area contributed by atoms with Crippen LogP contribution >= 0.6 is 15.9 Å². The molecule has 0 bridgehead atoms. The Morgan fingerprint density at radius 1 is 1.07 bits per heavy atom. The van der Waals surface area contributed by atoms with Gasteiger partial charge < -0.3 is 10.1 Å². The molecule has 1 N–H and O–H groups in total.